The average Bonchev–Trinajstić information content (AvgIpc) is 2.02. The van der Waals surface area contributed by atoms with E-state index in [-0.39, 0.29) is 5.57 Å². The molecule has 13 heavy (non-hydrogen) atoms. The van der Waals surface area contributed by atoms with Crippen molar-refractivity contribution < 1.29 is 20.1 Å². The number of carbonyl (C=O) groups is 1. The molecule has 1 atom stereocenters. The van der Waals surface area contributed by atoms with Gasteiger partial charge in [0.2, 0.25) is 0 Å². The fourth-order valence-corrected chi connectivity index (χ4v) is 0.797. The zero-order valence-electron chi connectivity index (χ0n) is 7.16. The summed E-state index contributed by atoms with van der Waals surface area (Å²) in [4.78, 5) is 10.4. The lowest BCUT2D eigenvalue weighted by Gasteiger charge is -2.27. The highest BCUT2D eigenvalue weighted by Gasteiger charge is 2.31. The maximum atomic E-state index is 10.4. The van der Waals surface area contributed by atoms with Crippen molar-refractivity contribution in [1.82, 2.24) is 5.32 Å². The SMILES string of the molecule is C=CNC(O)(CC(=O)O)C(=C)CO. The number of aliphatic hydroxyl groups is 2. The molecule has 0 amide bonds. The number of carboxylic acids is 1. The van der Waals surface area contributed by atoms with Gasteiger partial charge in [0.1, 0.15) is 0 Å². The van der Waals surface area contributed by atoms with Crippen molar-refractivity contribution in [2.75, 3.05) is 6.61 Å². The maximum absolute atomic E-state index is 10.4. The summed E-state index contributed by atoms with van der Waals surface area (Å²) < 4.78 is 0. The molecule has 74 valence electrons. The third-order valence-corrected chi connectivity index (χ3v) is 1.52. The zero-order chi connectivity index (χ0) is 10.5. The number of carboxylic acid groups (broad SMARTS) is 1. The van der Waals surface area contributed by atoms with Crippen LogP contribution in [-0.2, 0) is 4.79 Å². The number of hydrogen-bond donors (Lipinski definition) is 4. The van der Waals surface area contributed by atoms with Crippen LogP contribution in [0.3, 0.4) is 0 Å². The van der Waals surface area contributed by atoms with Crippen LogP contribution in [0.1, 0.15) is 6.42 Å². The van der Waals surface area contributed by atoms with E-state index < -0.39 is 24.7 Å². The second-order valence-corrected chi connectivity index (χ2v) is 2.54. The molecule has 1 unspecified atom stereocenters. The minimum absolute atomic E-state index is 0.0187. The Morgan fingerprint density at radius 1 is 1.62 bits per heavy atom. The van der Waals surface area contributed by atoms with Crippen molar-refractivity contribution in [3.05, 3.63) is 24.9 Å². The number of hydrogen-bond acceptors (Lipinski definition) is 4. The molecule has 0 rings (SSSR count). The van der Waals surface area contributed by atoms with Gasteiger partial charge in [-0.05, 0) is 6.20 Å². The summed E-state index contributed by atoms with van der Waals surface area (Å²) in [6, 6.07) is 0. The Morgan fingerprint density at radius 3 is 2.46 bits per heavy atom. The van der Waals surface area contributed by atoms with Crippen molar-refractivity contribution >= 4 is 5.97 Å². The molecule has 0 aromatic heterocycles. The Kier molecular flexibility index (Phi) is 4.16. The highest BCUT2D eigenvalue weighted by molar-refractivity contribution is 5.68. The van der Waals surface area contributed by atoms with E-state index in [0.717, 1.165) is 6.20 Å². The van der Waals surface area contributed by atoms with E-state index in [1.165, 1.54) is 0 Å². The van der Waals surface area contributed by atoms with E-state index in [1.807, 2.05) is 0 Å². The molecule has 0 saturated carbocycles. The molecule has 0 saturated heterocycles. The van der Waals surface area contributed by atoms with Gasteiger partial charge < -0.3 is 20.6 Å². The van der Waals surface area contributed by atoms with Gasteiger partial charge in [0, 0.05) is 5.57 Å². The van der Waals surface area contributed by atoms with Gasteiger partial charge in [0.25, 0.3) is 0 Å². The molecule has 0 fully saturated rings. The number of aliphatic hydroxyl groups excluding tert-OH is 1. The van der Waals surface area contributed by atoms with Gasteiger partial charge in [-0.3, -0.25) is 4.79 Å². The Morgan fingerprint density at radius 2 is 2.15 bits per heavy atom. The predicted molar refractivity (Wildman–Crippen MR) is 46.8 cm³/mol. The molecule has 0 spiro atoms. The second-order valence-electron chi connectivity index (χ2n) is 2.54. The highest BCUT2D eigenvalue weighted by atomic mass is 16.4. The normalized spacial score (nSPS) is 14.3. The van der Waals surface area contributed by atoms with E-state index in [1.54, 1.807) is 0 Å². The molecule has 0 aliphatic rings. The van der Waals surface area contributed by atoms with Crippen molar-refractivity contribution in [2.24, 2.45) is 0 Å². The summed E-state index contributed by atoms with van der Waals surface area (Å²) in [7, 11) is 0. The minimum Gasteiger partial charge on any atom is -0.481 e. The van der Waals surface area contributed by atoms with Crippen LogP contribution >= 0.6 is 0 Å². The first-order valence-electron chi connectivity index (χ1n) is 3.58. The lowest BCUT2D eigenvalue weighted by atomic mass is 10.0. The van der Waals surface area contributed by atoms with Crippen LogP contribution in [0.2, 0.25) is 0 Å². The quantitative estimate of drug-likeness (QED) is 0.330. The zero-order valence-corrected chi connectivity index (χ0v) is 7.16. The van der Waals surface area contributed by atoms with Crippen LogP contribution in [0, 0.1) is 0 Å². The first kappa shape index (κ1) is 11.7. The van der Waals surface area contributed by atoms with Crippen LogP contribution < -0.4 is 5.32 Å². The Labute approximate surface area is 76.0 Å². The van der Waals surface area contributed by atoms with Crippen molar-refractivity contribution in [1.29, 1.82) is 0 Å². The van der Waals surface area contributed by atoms with Gasteiger partial charge in [-0.25, -0.2) is 0 Å². The second kappa shape index (κ2) is 4.64. The van der Waals surface area contributed by atoms with Gasteiger partial charge in [-0.15, -0.1) is 0 Å². The van der Waals surface area contributed by atoms with E-state index in [9.17, 15) is 9.90 Å². The predicted octanol–water partition coefficient (Wildman–Crippen LogP) is -0.569. The average molecular weight is 187 g/mol. The molecule has 0 aliphatic heterocycles. The topological polar surface area (TPSA) is 89.8 Å². The van der Waals surface area contributed by atoms with Crippen molar-refractivity contribution in [2.45, 2.75) is 12.1 Å². The molecule has 5 nitrogen and oxygen atoms in total. The van der Waals surface area contributed by atoms with Gasteiger partial charge in [0.15, 0.2) is 5.72 Å². The van der Waals surface area contributed by atoms with Crippen molar-refractivity contribution in [3.8, 4) is 0 Å². The third kappa shape index (κ3) is 3.27. The largest absolute Gasteiger partial charge is 0.481 e. The standard InChI is InChI=1S/C8H13NO4/c1-3-9-8(13,4-7(11)12)6(2)5-10/h3,9-10,13H,1-2,4-5H2,(H,11,12). The monoisotopic (exact) mass is 187 g/mol. The van der Waals surface area contributed by atoms with E-state index in [2.05, 4.69) is 18.5 Å². The number of aliphatic carboxylic acids is 1. The maximum Gasteiger partial charge on any atom is 0.308 e. The summed E-state index contributed by atoms with van der Waals surface area (Å²) in [6.07, 6.45) is 0.558. The van der Waals surface area contributed by atoms with Crippen molar-refractivity contribution in [3.63, 3.8) is 0 Å². The molecule has 0 bridgehead atoms. The van der Waals surface area contributed by atoms with Gasteiger partial charge >= 0.3 is 5.97 Å². The first-order chi connectivity index (χ1) is 5.96. The van der Waals surface area contributed by atoms with Crippen LogP contribution in [0.5, 0.6) is 0 Å². The Bertz CT molecular complexity index is 226. The Balaban J connectivity index is 4.60. The smallest absolute Gasteiger partial charge is 0.308 e. The van der Waals surface area contributed by atoms with Crippen LogP contribution in [0.15, 0.2) is 24.9 Å². The molecule has 4 N–H and O–H groups in total. The molecule has 0 heterocycles. The first-order valence-corrected chi connectivity index (χ1v) is 3.58. The van der Waals surface area contributed by atoms with Crippen LogP contribution in [0.25, 0.3) is 0 Å². The summed E-state index contributed by atoms with van der Waals surface area (Å²) in [5.41, 5.74) is -1.85. The van der Waals surface area contributed by atoms with E-state index in [4.69, 9.17) is 10.2 Å². The fourth-order valence-electron chi connectivity index (χ4n) is 0.797. The lowest BCUT2D eigenvalue weighted by molar-refractivity contribution is -0.142. The van der Waals surface area contributed by atoms with Gasteiger partial charge in [-0.1, -0.05) is 13.2 Å². The number of nitrogens with one attached hydrogen (secondary N) is 1. The summed E-state index contributed by atoms with van der Waals surface area (Å²) in [5, 5.41) is 29.1. The van der Waals surface area contributed by atoms with E-state index >= 15 is 0 Å². The molecule has 0 radical (unpaired) electrons. The van der Waals surface area contributed by atoms with Gasteiger partial charge in [-0.2, -0.15) is 0 Å². The van der Waals surface area contributed by atoms with Gasteiger partial charge in [0.05, 0.1) is 13.0 Å². The molecular formula is C8H13NO4. The summed E-state index contributed by atoms with van der Waals surface area (Å²) in [5.74, 6) is -1.20. The third-order valence-electron chi connectivity index (χ3n) is 1.52. The van der Waals surface area contributed by atoms with Crippen LogP contribution in [-0.4, -0.2) is 33.6 Å². The highest BCUT2D eigenvalue weighted by Crippen LogP contribution is 2.15. The molecule has 5 heteroatoms. The lowest BCUT2D eigenvalue weighted by Crippen LogP contribution is -2.46. The molecular weight excluding hydrogens is 174 g/mol. The molecule has 0 aliphatic carbocycles. The minimum atomic E-state index is -1.83. The summed E-state index contributed by atoms with van der Waals surface area (Å²) in [6.45, 7) is 6.13. The number of rotatable bonds is 6. The molecule has 0 aromatic rings. The van der Waals surface area contributed by atoms with E-state index in [0.29, 0.717) is 0 Å². The van der Waals surface area contributed by atoms with Crippen LogP contribution in [0.4, 0.5) is 0 Å². The fraction of sp³-hybridized carbons (Fsp3) is 0.375. The molecule has 0 aromatic carbocycles. The summed E-state index contributed by atoms with van der Waals surface area (Å²) >= 11 is 0. The Hall–Kier alpha value is -1.33.